The van der Waals surface area contributed by atoms with Crippen LogP contribution in [0.4, 0.5) is 23.8 Å². The largest absolute Gasteiger partial charge is 0.490 e. The Morgan fingerprint density at radius 2 is 1.67 bits per heavy atom. The molecule has 3 aliphatic rings. The number of carboxylic acids is 1. The van der Waals surface area contributed by atoms with Crippen molar-refractivity contribution in [2.45, 2.75) is 69.6 Å². The number of aromatic nitrogens is 2. The van der Waals surface area contributed by atoms with E-state index in [1.807, 2.05) is 4.90 Å². The van der Waals surface area contributed by atoms with Crippen LogP contribution in [0.25, 0.3) is 0 Å². The monoisotopic (exact) mass is 429 g/mol. The second kappa shape index (κ2) is 9.48. The molecule has 0 radical (unpaired) electrons. The van der Waals surface area contributed by atoms with Gasteiger partial charge in [0.1, 0.15) is 12.1 Å². The molecule has 8 nitrogen and oxygen atoms in total. The highest BCUT2D eigenvalue weighted by molar-refractivity contribution is 5.75. The predicted molar refractivity (Wildman–Crippen MR) is 102 cm³/mol. The fraction of sp³-hybridized carbons (Fsp3) is 0.684. The van der Waals surface area contributed by atoms with E-state index in [0.29, 0.717) is 12.1 Å². The topological polar surface area (TPSA) is 107 Å². The molecule has 2 amide bonds. The Kier molecular flexibility index (Phi) is 6.99. The lowest BCUT2D eigenvalue weighted by Crippen LogP contribution is -2.45. The average Bonchev–Trinajstić information content (AvgIpc) is 3.40. The highest BCUT2D eigenvalue weighted by atomic mass is 19.4. The van der Waals surface area contributed by atoms with Crippen molar-refractivity contribution in [2.24, 2.45) is 0 Å². The normalized spacial score (nSPS) is 19.2. The van der Waals surface area contributed by atoms with Gasteiger partial charge in [-0.2, -0.15) is 13.2 Å². The summed E-state index contributed by atoms with van der Waals surface area (Å²) in [6.07, 6.45) is 5.41. The summed E-state index contributed by atoms with van der Waals surface area (Å²) in [6, 6.07) is 1.05. The maximum atomic E-state index is 12.5. The summed E-state index contributed by atoms with van der Waals surface area (Å²) in [6.45, 7) is 1.49. The molecule has 2 fully saturated rings. The van der Waals surface area contributed by atoms with Crippen LogP contribution in [0.5, 0.6) is 0 Å². The Bertz CT molecular complexity index is 764. The van der Waals surface area contributed by atoms with Gasteiger partial charge < -0.3 is 20.6 Å². The van der Waals surface area contributed by atoms with E-state index in [1.165, 1.54) is 31.2 Å². The van der Waals surface area contributed by atoms with Gasteiger partial charge in [0.2, 0.25) is 0 Å². The molecule has 4 rings (SSSR count). The van der Waals surface area contributed by atoms with Gasteiger partial charge in [0.05, 0.1) is 5.69 Å². The minimum atomic E-state index is -5.08. The smallest absolute Gasteiger partial charge is 0.475 e. The Labute approximate surface area is 172 Å². The number of hydrogen-bond acceptors (Lipinski definition) is 5. The van der Waals surface area contributed by atoms with Crippen molar-refractivity contribution in [1.82, 2.24) is 20.2 Å². The number of urea groups is 1. The lowest BCUT2D eigenvalue weighted by Gasteiger charge is -2.23. The number of aliphatic carboxylic acids is 1. The zero-order valence-corrected chi connectivity index (χ0v) is 16.5. The number of hydrogen-bond donors (Lipinski definition) is 3. The molecule has 11 heteroatoms. The number of nitrogens with one attached hydrogen (secondary N) is 2. The summed E-state index contributed by atoms with van der Waals surface area (Å²) in [5.74, 6) is -1.77. The van der Waals surface area contributed by atoms with Crippen molar-refractivity contribution in [3.63, 3.8) is 0 Å². The van der Waals surface area contributed by atoms with Crippen molar-refractivity contribution in [3.8, 4) is 0 Å². The fourth-order valence-corrected chi connectivity index (χ4v) is 3.61. The predicted octanol–water partition coefficient (Wildman–Crippen LogP) is 2.74. The molecule has 0 unspecified atom stereocenters. The van der Waals surface area contributed by atoms with Crippen LogP contribution in [0, 0.1) is 0 Å². The Hall–Kier alpha value is -2.59. The number of carbonyl (C=O) groups is 2. The van der Waals surface area contributed by atoms with E-state index >= 15 is 0 Å². The number of carbonyl (C=O) groups excluding carboxylic acids is 1. The van der Waals surface area contributed by atoms with Crippen molar-refractivity contribution in [1.29, 1.82) is 0 Å². The number of carboxylic acid groups (broad SMARTS) is 1. The number of fused-ring (bicyclic) bond motifs is 1. The second-order valence-corrected chi connectivity index (χ2v) is 7.79. The van der Waals surface area contributed by atoms with Crippen molar-refractivity contribution < 1.29 is 27.9 Å². The first-order valence-corrected chi connectivity index (χ1v) is 10.2. The van der Waals surface area contributed by atoms with Gasteiger partial charge in [-0.05, 0) is 32.1 Å². The number of halogens is 3. The molecule has 1 aromatic rings. The number of alkyl halides is 3. The number of anilines is 1. The van der Waals surface area contributed by atoms with Crippen LogP contribution >= 0.6 is 0 Å². The molecular weight excluding hydrogens is 403 g/mol. The van der Waals surface area contributed by atoms with Crippen LogP contribution in [0.1, 0.15) is 49.8 Å². The molecule has 2 heterocycles. The summed E-state index contributed by atoms with van der Waals surface area (Å²) in [7, 11) is 0. The van der Waals surface area contributed by atoms with Crippen molar-refractivity contribution >= 4 is 17.8 Å². The van der Waals surface area contributed by atoms with Crippen LogP contribution in [-0.2, 0) is 17.6 Å². The van der Waals surface area contributed by atoms with Crippen LogP contribution in [-0.4, -0.2) is 63.3 Å². The molecule has 0 saturated heterocycles. The van der Waals surface area contributed by atoms with E-state index in [1.54, 1.807) is 6.33 Å². The standard InChI is InChI=1S/C17H25N5O.C2HF3O2/c23-17(21-12-3-1-2-4-12)22-9-7-14-15(8-10-22)18-11-19-16(14)20-13-5-6-13;3-2(4,5)1(6)7/h11-13H,1-10H2,(H,21,23)(H,18,19,20);(H,6,7). The Balaban J connectivity index is 0.000000318. The molecule has 0 spiro atoms. The molecule has 1 aromatic heterocycles. The maximum absolute atomic E-state index is 12.5. The van der Waals surface area contributed by atoms with Gasteiger partial charge in [0.15, 0.2) is 0 Å². The zero-order chi connectivity index (χ0) is 21.7. The maximum Gasteiger partial charge on any atom is 0.490 e. The van der Waals surface area contributed by atoms with Gasteiger partial charge in [0, 0.05) is 37.2 Å². The number of rotatable bonds is 3. The third-order valence-corrected chi connectivity index (χ3v) is 5.42. The summed E-state index contributed by atoms with van der Waals surface area (Å²) < 4.78 is 31.7. The summed E-state index contributed by atoms with van der Waals surface area (Å²) in [5, 5.41) is 13.8. The van der Waals surface area contributed by atoms with E-state index in [-0.39, 0.29) is 6.03 Å². The molecule has 30 heavy (non-hydrogen) atoms. The van der Waals surface area contributed by atoms with E-state index < -0.39 is 12.1 Å². The molecule has 166 valence electrons. The molecule has 3 N–H and O–H groups in total. The first-order chi connectivity index (χ1) is 14.2. The molecule has 0 bridgehead atoms. The van der Waals surface area contributed by atoms with Gasteiger partial charge >= 0.3 is 18.2 Å². The Morgan fingerprint density at radius 1 is 1.03 bits per heavy atom. The Morgan fingerprint density at radius 3 is 2.27 bits per heavy atom. The summed E-state index contributed by atoms with van der Waals surface area (Å²) in [4.78, 5) is 32.2. The zero-order valence-electron chi connectivity index (χ0n) is 16.5. The van der Waals surface area contributed by atoms with Crippen LogP contribution in [0.3, 0.4) is 0 Å². The first kappa shape index (κ1) is 22.1. The van der Waals surface area contributed by atoms with Crippen molar-refractivity contribution in [3.05, 3.63) is 17.6 Å². The molecule has 1 aliphatic heterocycles. The number of nitrogens with zero attached hydrogens (tertiary/aromatic N) is 3. The van der Waals surface area contributed by atoms with Crippen LogP contribution in [0.2, 0.25) is 0 Å². The number of amides is 2. The second-order valence-electron chi connectivity index (χ2n) is 7.79. The third kappa shape index (κ3) is 6.20. The molecular formula is C19H26F3N5O3. The lowest BCUT2D eigenvalue weighted by molar-refractivity contribution is -0.192. The molecule has 2 saturated carbocycles. The minimum Gasteiger partial charge on any atom is -0.475 e. The van der Waals surface area contributed by atoms with E-state index in [0.717, 1.165) is 50.3 Å². The molecule has 0 atom stereocenters. The van der Waals surface area contributed by atoms with E-state index in [2.05, 4.69) is 20.6 Å². The van der Waals surface area contributed by atoms with Crippen molar-refractivity contribution in [2.75, 3.05) is 18.4 Å². The average molecular weight is 429 g/mol. The molecule has 2 aliphatic carbocycles. The van der Waals surface area contributed by atoms with Gasteiger partial charge in [-0.15, -0.1) is 0 Å². The third-order valence-electron chi connectivity index (χ3n) is 5.42. The van der Waals surface area contributed by atoms with E-state index in [9.17, 15) is 18.0 Å². The molecule has 0 aromatic carbocycles. The van der Waals surface area contributed by atoms with Gasteiger partial charge in [-0.1, -0.05) is 12.8 Å². The quantitative estimate of drug-likeness (QED) is 0.682. The van der Waals surface area contributed by atoms with Crippen LogP contribution < -0.4 is 10.6 Å². The van der Waals surface area contributed by atoms with Gasteiger partial charge in [0.25, 0.3) is 0 Å². The SMILES string of the molecule is O=C(NC1CCCC1)N1CCc2ncnc(NC3CC3)c2CC1.O=C(O)C(F)(F)F. The van der Waals surface area contributed by atoms with Gasteiger partial charge in [-0.3, -0.25) is 0 Å². The minimum absolute atomic E-state index is 0.0920. The fourth-order valence-electron chi connectivity index (χ4n) is 3.61. The summed E-state index contributed by atoms with van der Waals surface area (Å²) in [5.41, 5.74) is 2.30. The summed E-state index contributed by atoms with van der Waals surface area (Å²) >= 11 is 0. The van der Waals surface area contributed by atoms with Crippen LogP contribution in [0.15, 0.2) is 6.33 Å². The van der Waals surface area contributed by atoms with Gasteiger partial charge in [-0.25, -0.2) is 19.6 Å². The highest BCUT2D eigenvalue weighted by Crippen LogP contribution is 2.28. The first-order valence-electron chi connectivity index (χ1n) is 10.2. The lowest BCUT2D eigenvalue weighted by atomic mass is 10.1. The van der Waals surface area contributed by atoms with E-state index in [4.69, 9.17) is 9.90 Å². The highest BCUT2D eigenvalue weighted by Gasteiger charge is 2.38.